The van der Waals surface area contributed by atoms with Gasteiger partial charge in [-0.1, -0.05) is 13.8 Å². The Labute approximate surface area is 118 Å². The Morgan fingerprint density at radius 3 is 2.63 bits per heavy atom. The van der Waals surface area contributed by atoms with Crippen LogP contribution in [0.2, 0.25) is 0 Å². The van der Waals surface area contributed by atoms with E-state index in [-0.39, 0.29) is 11.9 Å². The number of likely N-dealkylation sites (N-methyl/N-ethyl adjacent to an activating group) is 1. The maximum atomic E-state index is 12.2. The van der Waals surface area contributed by atoms with Crippen molar-refractivity contribution >= 4 is 5.91 Å². The van der Waals surface area contributed by atoms with Crippen molar-refractivity contribution in [2.45, 2.75) is 58.5 Å². The summed E-state index contributed by atoms with van der Waals surface area (Å²) in [5.74, 6) is 0.849. The quantitative estimate of drug-likeness (QED) is 0.738. The van der Waals surface area contributed by atoms with Crippen LogP contribution < -0.4 is 10.6 Å². The van der Waals surface area contributed by atoms with E-state index in [2.05, 4.69) is 36.4 Å². The molecule has 0 bridgehead atoms. The lowest BCUT2D eigenvalue weighted by atomic mass is 9.98. The van der Waals surface area contributed by atoms with E-state index < -0.39 is 0 Å². The predicted octanol–water partition coefficient (Wildman–Crippen LogP) is 1.61. The first-order chi connectivity index (χ1) is 9.08. The molecule has 0 aromatic rings. The Bertz CT molecular complexity index is 260. The van der Waals surface area contributed by atoms with Crippen LogP contribution in [0.3, 0.4) is 0 Å². The van der Waals surface area contributed by atoms with Crippen molar-refractivity contribution in [1.82, 2.24) is 15.5 Å². The SMILES string of the molecule is CCC(CC)NC(=O)C(C)N(C)CC1CCCNC1. The fourth-order valence-corrected chi connectivity index (χ4v) is 2.66. The first-order valence-electron chi connectivity index (χ1n) is 7.79. The summed E-state index contributed by atoms with van der Waals surface area (Å²) < 4.78 is 0. The Hall–Kier alpha value is -0.610. The minimum atomic E-state index is -0.0393. The summed E-state index contributed by atoms with van der Waals surface area (Å²) in [7, 11) is 2.06. The average molecular weight is 269 g/mol. The number of hydrogen-bond donors (Lipinski definition) is 2. The molecule has 1 rings (SSSR count). The van der Waals surface area contributed by atoms with Gasteiger partial charge in [0.15, 0.2) is 0 Å². The van der Waals surface area contributed by atoms with Crippen LogP contribution in [0.1, 0.15) is 46.5 Å². The van der Waals surface area contributed by atoms with Gasteiger partial charge in [0, 0.05) is 12.6 Å². The Kier molecular flexibility index (Phi) is 7.39. The van der Waals surface area contributed by atoms with Gasteiger partial charge in [-0.15, -0.1) is 0 Å². The van der Waals surface area contributed by atoms with Crippen molar-refractivity contribution in [3.8, 4) is 0 Å². The van der Waals surface area contributed by atoms with Crippen molar-refractivity contribution in [3.63, 3.8) is 0 Å². The lowest BCUT2D eigenvalue weighted by molar-refractivity contribution is -0.126. The van der Waals surface area contributed by atoms with Crippen LogP contribution in [0, 0.1) is 5.92 Å². The molecule has 0 aromatic heterocycles. The fourth-order valence-electron chi connectivity index (χ4n) is 2.66. The van der Waals surface area contributed by atoms with Crippen molar-refractivity contribution < 1.29 is 4.79 Å². The molecule has 0 spiro atoms. The van der Waals surface area contributed by atoms with E-state index in [1.807, 2.05) is 6.92 Å². The lowest BCUT2D eigenvalue weighted by Gasteiger charge is -2.31. The summed E-state index contributed by atoms with van der Waals surface area (Å²) in [5.41, 5.74) is 0. The highest BCUT2D eigenvalue weighted by atomic mass is 16.2. The van der Waals surface area contributed by atoms with Crippen molar-refractivity contribution in [2.75, 3.05) is 26.7 Å². The van der Waals surface area contributed by atoms with Gasteiger partial charge in [0.1, 0.15) is 0 Å². The number of carbonyl (C=O) groups excluding carboxylic acids is 1. The normalized spacial score (nSPS) is 21.7. The number of nitrogens with zero attached hydrogens (tertiary/aromatic N) is 1. The van der Waals surface area contributed by atoms with E-state index >= 15 is 0 Å². The van der Waals surface area contributed by atoms with Gasteiger partial charge in [-0.25, -0.2) is 0 Å². The first-order valence-corrected chi connectivity index (χ1v) is 7.79. The summed E-state index contributed by atoms with van der Waals surface area (Å²) in [6.45, 7) is 9.49. The highest BCUT2D eigenvalue weighted by Gasteiger charge is 2.23. The third kappa shape index (κ3) is 5.49. The second-order valence-electron chi connectivity index (χ2n) is 5.85. The van der Waals surface area contributed by atoms with Crippen molar-refractivity contribution in [3.05, 3.63) is 0 Å². The van der Waals surface area contributed by atoms with E-state index in [1.54, 1.807) is 0 Å². The molecule has 1 saturated heterocycles. The molecule has 2 N–H and O–H groups in total. The molecule has 1 amide bonds. The Balaban J connectivity index is 2.37. The minimum absolute atomic E-state index is 0.0393. The number of piperidine rings is 1. The van der Waals surface area contributed by atoms with Crippen LogP contribution in [0.4, 0.5) is 0 Å². The minimum Gasteiger partial charge on any atom is -0.352 e. The van der Waals surface area contributed by atoms with E-state index in [1.165, 1.54) is 12.8 Å². The highest BCUT2D eigenvalue weighted by molar-refractivity contribution is 5.81. The summed E-state index contributed by atoms with van der Waals surface area (Å²) in [6, 6.07) is 0.280. The van der Waals surface area contributed by atoms with Gasteiger partial charge in [0.05, 0.1) is 6.04 Å². The van der Waals surface area contributed by atoms with Crippen LogP contribution in [-0.2, 0) is 4.79 Å². The van der Waals surface area contributed by atoms with Crippen LogP contribution >= 0.6 is 0 Å². The van der Waals surface area contributed by atoms with E-state index in [0.717, 1.165) is 32.5 Å². The standard InChI is InChI=1S/C15H31N3O/c1-5-14(6-2)17-15(19)12(3)18(4)11-13-8-7-9-16-10-13/h12-14,16H,5-11H2,1-4H3,(H,17,19). The van der Waals surface area contributed by atoms with Gasteiger partial charge in [-0.05, 0) is 58.7 Å². The third-order valence-corrected chi connectivity index (χ3v) is 4.32. The van der Waals surface area contributed by atoms with Gasteiger partial charge >= 0.3 is 0 Å². The van der Waals surface area contributed by atoms with Crippen LogP contribution in [-0.4, -0.2) is 49.6 Å². The number of nitrogens with one attached hydrogen (secondary N) is 2. The maximum absolute atomic E-state index is 12.2. The molecular formula is C15H31N3O. The molecule has 2 unspecified atom stereocenters. The van der Waals surface area contributed by atoms with Crippen molar-refractivity contribution in [2.24, 2.45) is 5.92 Å². The average Bonchev–Trinajstić information content (AvgIpc) is 2.44. The van der Waals surface area contributed by atoms with E-state index in [4.69, 9.17) is 0 Å². The molecule has 0 aliphatic carbocycles. The van der Waals surface area contributed by atoms with Crippen LogP contribution in [0.25, 0.3) is 0 Å². The van der Waals surface area contributed by atoms with Gasteiger partial charge in [-0.2, -0.15) is 0 Å². The predicted molar refractivity (Wildman–Crippen MR) is 80.2 cm³/mol. The molecule has 0 saturated carbocycles. The largest absolute Gasteiger partial charge is 0.352 e. The molecule has 0 aromatic carbocycles. The van der Waals surface area contributed by atoms with Crippen molar-refractivity contribution in [1.29, 1.82) is 0 Å². The molecule has 1 heterocycles. The molecule has 19 heavy (non-hydrogen) atoms. The van der Waals surface area contributed by atoms with Gasteiger partial charge in [0.25, 0.3) is 0 Å². The summed E-state index contributed by atoms with van der Waals surface area (Å²) in [4.78, 5) is 14.4. The first kappa shape index (κ1) is 16.4. The topological polar surface area (TPSA) is 44.4 Å². The molecule has 112 valence electrons. The summed E-state index contributed by atoms with van der Waals surface area (Å²) in [6.07, 6.45) is 4.54. The van der Waals surface area contributed by atoms with Crippen LogP contribution in [0.5, 0.6) is 0 Å². The molecule has 4 heteroatoms. The van der Waals surface area contributed by atoms with E-state index in [0.29, 0.717) is 12.0 Å². The smallest absolute Gasteiger partial charge is 0.237 e. The summed E-state index contributed by atoms with van der Waals surface area (Å²) in [5, 5.41) is 6.57. The summed E-state index contributed by atoms with van der Waals surface area (Å²) >= 11 is 0. The third-order valence-electron chi connectivity index (χ3n) is 4.32. The number of amides is 1. The molecule has 1 fully saturated rings. The molecule has 1 aliphatic rings. The molecule has 1 aliphatic heterocycles. The lowest BCUT2D eigenvalue weighted by Crippen LogP contribution is -2.49. The number of carbonyl (C=O) groups is 1. The zero-order valence-electron chi connectivity index (χ0n) is 13.0. The number of rotatable bonds is 7. The Morgan fingerprint density at radius 2 is 2.11 bits per heavy atom. The molecule has 4 nitrogen and oxygen atoms in total. The molecular weight excluding hydrogens is 238 g/mol. The molecule has 2 atom stereocenters. The van der Waals surface area contributed by atoms with E-state index in [9.17, 15) is 4.79 Å². The second-order valence-corrected chi connectivity index (χ2v) is 5.85. The zero-order chi connectivity index (χ0) is 14.3. The van der Waals surface area contributed by atoms with Gasteiger partial charge in [0.2, 0.25) is 5.91 Å². The second kappa shape index (κ2) is 8.54. The Morgan fingerprint density at radius 1 is 1.42 bits per heavy atom. The monoisotopic (exact) mass is 269 g/mol. The van der Waals surface area contributed by atoms with Crippen LogP contribution in [0.15, 0.2) is 0 Å². The maximum Gasteiger partial charge on any atom is 0.237 e. The molecule has 0 radical (unpaired) electrons. The van der Waals surface area contributed by atoms with Gasteiger partial charge < -0.3 is 10.6 Å². The highest BCUT2D eigenvalue weighted by Crippen LogP contribution is 2.12. The number of hydrogen-bond acceptors (Lipinski definition) is 3. The fraction of sp³-hybridized carbons (Fsp3) is 0.933. The van der Waals surface area contributed by atoms with Gasteiger partial charge in [-0.3, -0.25) is 9.69 Å². The zero-order valence-corrected chi connectivity index (χ0v) is 13.0.